The third-order valence-electron chi connectivity index (χ3n) is 2.45. The highest BCUT2D eigenvalue weighted by molar-refractivity contribution is 5.84. The Kier molecular flexibility index (Phi) is 4.52. The molecule has 0 radical (unpaired) electrons. The average Bonchev–Trinajstić information content (AvgIpc) is 2.23. The summed E-state index contributed by atoms with van der Waals surface area (Å²) in [4.78, 5) is 19.7. The van der Waals surface area contributed by atoms with E-state index in [0.717, 1.165) is 6.92 Å². The molecule has 0 spiro atoms. The Morgan fingerprint density at radius 3 is 2.00 bits per heavy atom. The van der Waals surface area contributed by atoms with Gasteiger partial charge in [-0.3, -0.25) is 4.79 Å². The van der Waals surface area contributed by atoms with Gasteiger partial charge in [0, 0.05) is 6.92 Å². The zero-order valence-electron chi connectivity index (χ0n) is 8.89. The lowest BCUT2D eigenvalue weighted by molar-refractivity contribution is -0.725. The summed E-state index contributed by atoms with van der Waals surface area (Å²) < 4.78 is 0. The Balaban J connectivity index is 2.74. The number of aliphatic hydroxyl groups is 5. The number of aliphatic hydroxyl groups excluding tert-OH is 5. The minimum absolute atomic E-state index is 0.805. The van der Waals surface area contributed by atoms with Crippen molar-refractivity contribution in [1.82, 2.24) is 0 Å². The Morgan fingerprint density at radius 1 is 1.18 bits per heavy atom. The van der Waals surface area contributed by atoms with Crippen molar-refractivity contribution in [2.24, 2.45) is 0 Å². The first-order valence-electron chi connectivity index (χ1n) is 4.74. The van der Waals surface area contributed by atoms with Gasteiger partial charge in [0.15, 0.2) is 5.78 Å². The number of hydrogen-bond donors (Lipinski definition) is 5. The first-order chi connectivity index (χ1) is 7.86. The van der Waals surface area contributed by atoms with Crippen molar-refractivity contribution in [1.29, 1.82) is 0 Å². The minimum Gasteiger partial charge on any atom is -0.394 e. The second-order valence-corrected chi connectivity index (χ2v) is 3.63. The third-order valence-corrected chi connectivity index (χ3v) is 2.45. The largest absolute Gasteiger partial charge is 0.394 e. The molecule has 9 nitrogen and oxygen atoms in total. The molecule has 0 aromatic heterocycles. The molecule has 17 heavy (non-hydrogen) atoms. The van der Waals surface area contributed by atoms with Crippen LogP contribution in [0.1, 0.15) is 6.92 Å². The van der Waals surface area contributed by atoms with Crippen molar-refractivity contribution in [3.63, 3.8) is 0 Å². The van der Waals surface area contributed by atoms with Crippen LogP contribution in [0.2, 0.25) is 0 Å². The van der Waals surface area contributed by atoms with E-state index >= 15 is 0 Å². The van der Waals surface area contributed by atoms with Gasteiger partial charge in [0.2, 0.25) is 0 Å². The van der Waals surface area contributed by atoms with E-state index in [9.17, 15) is 20.1 Å². The van der Waals surface area contributed by atoms with Crippen molar-refractivity contribution in [2.45, 2.75) is 37.1 Å². The molecule has 0 aromatic rings. The van der Waals surface area contributed by atoms with Gasteiger partial charge in [-0.15, -0.1) is 0 Å². The van der Waals surface area contributed by atoms with Gasteiger partial charge in [0.05, 0.1) is 6.61 Å². The fourth-order valence-electron chi connectivity index (χ4n) is 1.28. The molecule has 0 bridgehead atoms. The standard InChI is InChI=1S/C8H14O9/c1-3(10)8(15-17-16-8)7(14)6(13)5(12)4(11)2-9/h4-7,9,11-14H,2H2,1H3/t4-,5-,6+,7+/m1/s1. The average molecular weight is 254 g/mol. The molecule has 5 N–H and O–H groups in total. The molecule has 0 saturated carbocycles. The number of ketones is 1. The SMILES string of the molecule is CC(=O)C1([C@@H](O)[C@@H](O)[C@H](O)[C@H](O)CO)OOO1. The highest BCUT2D eigenvalue weighted by Gasteiger charge is 2.59. The predicted octanol–water partition coefficient (Wildman–Crippen LogP) is -3.40. The maximum absolute atomic E-state index is 11.2. The summed E-state index contributed by atoms with van der Waals surface area (Å²) in [6.45, 7) is 0.170. The molecule has 9 heteroatoms. The monoisotopic (exact) mass is 254 g/mol. The lowest BCUT2D eigenvalue weighted by atomic mass is 9.94. The fraction of sp³-hybridized carbons (Fsp3) is 0.875. The van der Waals surface area contributed by atoms with E-state index in [1.165, 1.54) is 0 Å². The first kappa shape index (κ1) is 14.4. The Labute approximate surface area is 95.6 Å². The lowest BCUT2D eigenvalue weighted by Crippen LogP contribution is -2.65. The molecule has 1 aliphatic heterocycles. The van der Waals surface area contributed by atoms with E-state index in [0.29, 0.717) is 0 Å². The number of hydrogen-bond acceptors (Lipinski definition) is 9. The van der Waals surface area contributed by atoms with Gasteiger partial charge in [0.1, 0.15) is 24.4 Å². The smallest absolute Gasteiger partial charge is 0.324 e. The van der Waals surface area contributed by atoms with Crippen molar-refractivity contribution in [3.8, 4) is 0 Å². The zero-order chi connectivity index (χ0) is 13.2. The van der Waals surface area contributed by atoms with Crippen LogP contribution in [0.5, 0.6) is 0 Å². The predicted molar refractivity (Wildman–Crippen MR) is 47.8 cm³/mol. The summed E-state index contributed by atoms with van der Waals surface area (Å²) >= 11 is 0. The van der Waals surface area contributed by atoms with Crippen molar-refractivity contribution in [3.05, 3.63) is 0 Å². The topological polar surface area (TPSA) is 146 Å². The Morgan fingerprint density at radius 2 is 1.71 bits per heavy atom. The van der Waals surface area contributed by atoms with E-state index in [-0.39, 0.29) is 0 Å². The molecule has 100 valence electrons. The molecule has 0 aliphatic carbocycles. The van der Waals surface area contributed by atoms with Gasteiger partial charge in [-0.1, -0.05) is 5.04 Å². The molecular formula is C8H14O9. The summed E-state index contributed by atoms with van der Waals surface area (Å²) in [5, 5.41) is 49.9. The van der Waals surface area contributed by atoms with Gasteiger partial charge in [-0.05, 0) is 0 Å². The molecule has 1 fully saturated rings. The summed E-state index contributed by atoms with van der Waals surface area (Å²) in [6, 6.07) is 0. The molecule has 0 aromatic carbocycles. The second kappa shape index (κ2) is 5.33. The van der Waals surface area contributed by atoms with Crippen LogP contribution < -0.4 is 0 Å². The van der Waals surface area contributed by atoms with Crippen LogP contribution in [0, 0.1) is 0 Å². The molecular weight excluding hydrogens is 240 g/mol. The van der Waals surface area contributed by atoms with E-state index in [4.69, 9.17) is 10.2 Å². The first-order valence-corrected chi connectivity index (χ1v) is 4.74. The van der Waals surface area contributed by atoms with Crippen LogP contribution in [-0.4, -0.2) is 68.1 Å². The van der Waals surface area contributed by atoms with Gasteiger partial charge in [0.25, 0.3) is 0 Å². The summed E-state index contributed by atoms with van der Waals surface area (Å²) in [5.41, 5.74) is 0. The number of rotatable bonds is 6. The molecule has 1 saturated heterocycles. The maximum Gasteiger partial charge on any atom is 0.324 e. The fourth-order valence-corrected chi connectivity index (χ4v) is 1.28. The van der Waals surface area contributed by atoms with Crippen LogP contribution >= 0.6 is 0 Å². The molecule has 1 rings (SSSR count). The van der Waals surface area contributed by atoms with E-state index in [2.05, 4.69) is 14.8 Å². The Bertz CT molecular complexity index is 276. The summed E-state index contributed by atoms with van der Waals surface area (Å²) in [6.07, 6.45) is -7.56. The van der Waals surface area contributed by atoms with E-state index in [1.54, 1.807) is 0 Å². The second-order valence-electron chi connectivity index (χ2n) is 3.63. The van der Waals surface area contributed by atoms with Gasteiger partial charge < -0.3 is 25.5 Å². The van der Waals surface area contributed by atoms with Crippen molar-refractivity contribution >= 4 is 5.78 Å². The number of Topliss-reactive ketones (excluding diaryl/α,β-unsaturated/α-hetero) is 1. The zero-order valence-corrected chi connectivity index (χ0v) is 8.89. The van der Waals surface area contributed by atoms with Crippen LogP contribution in [0.4, 0.5) is 0 Å². The Hall–Kier alpha value is -0.650. The maximum atomic E-state index is 11.2. The number of carbonyl (C=O) groups is 1. The van der Waals surface area contributed by atoms with Crippen LogP contribution in [0.25, 0.3) is 0 Å². The van der Waals surface area contributed by atoms with Crippen LogP contribution in [0.3, 0.4) is 0 Å². The normalized spacial score (nSPS) is 25.5. The molecule has 0 unspecified atom stereocenters. The van der Waals surface area contributed by atoms with Crippen LogP contribution in [-0.2, 0) is 19.6 Å². The highest BCUT2D eigenvalue weighted by Crippen LogP contribution is 2.32. The quantitative estimate of drug-likeness (QED) is 0.306. The molecule has 1 aliphatic rings. The van der Waals surface area contributed by atoms with Gasteiger partial charge in [-0.25, -0.2) is 0 Å². The third kappa shape index (κ3) is 2.46. The van der Waals surface area contributed by atoms with Gasteiger partial charge >= 0.3 is 5.79 Å². The number of carbonyl (C=O) groups excluding carboxylic acids is 1. The highest BCUT2D eigenvalue weighted by atomic mass is 17.6. The molecule has 0 amide bonds. The summed E-state index contributed by atoms with van der Waals surface area (Å²) in [5.74, 6) is -3.05. The van der Waals surface area contributed by atoms with Crippen molar-refractivity contribution < 1.29 is 45.1 Å². The molecule has 1 heterocycles. The van der Waals surface area contributed by atoms with E-state index in [1.807, 2.05) is 0 Å². The lowest BCUT2D eigenvalue weighted by Gasteiger charge is -2.40. The van der Waals surface area contributed by atoms with Gasteiger partial charge in [-0.2, -0.15) is 9.78 Å². The van der Waals surface area contributed by atoms with E-state index < -0.39 is 42.6 Å². The van der Waals surface area contributed by atoms with Crippen LogP contribution in [0.15, 0.2) is 0 Å². The molecule has 4 atom stereocenters. The summed E-state index contributed by atoms with van der Waals surface area (Å²) in [7, 11) is 0. The van der Waals surface area contributed by atoms with Crippen molar-refractivity contribution in [2.75, 3.05) is 6.61 Å². The minimum atomic E-state index is -2.24.